The second kappa shape index (κ2) is 6.77. The van der Waals surface area contributed by atoms with Crippen molar-refractivity contribution in [3.63, 3.8) is 0 Å². The Hall–Kier alpha value is -1.27. The first-order chi connectivity index (χ1) is 8.78. The van der Waals surface area contributed by atoms with Crippen molar-refractivity contribution in [1.82, 2.24) is 0 Å². The Morgan fingerprint density at radius 1 is 1.32 bits per heavy atom. The Labute approximate surface area is 117 Å². The standard InChI is InChI=1S/C12H16ClNO4S/c1-19(17,18)8-2-7-14(9-12(15)16)11-5-3-10(13)4-6-11/h3-6H,2,7-9H2,1H3,(H,15,16). The third-order valence-electron chi connectivity index (χ3n) is 2.46. The zero-order chi connectivity index (χ0) is 14.5. The molecule has 5 nitrogen and oxygen atoms in total. The Morgan fingerprint density at radius 3 is 2.37 bits per heavy atom. The van der Waals surface area contributed by atoms with Gasteiger partial charge in [0.05, 0.1) is 5.75 Å². The van der Waals surface area contributed by atoms with Crippen LogP contribution in [0.3, 0.4) is 0 Å². The Balaban J connectivity index is 2.72. The minimum absolute atomic E-state index is 0.0384. The predicted octanol–water partition coefficient (Wildman–Crippen LogP) is 1.67. The number of hydrogen-bond donors (Lipinski definition) is 1. The van der Waals surface area contributed by atoms with Gasteiger partial charge in [-0.25, -0.2) is 8.42 Å². The molecule has 1 aromatic carbocycles. The zero-order valence-corrected chi connectivity index (χ0v) is 12.1. The minimum atomic E-state index is -3.03. The van der Waals surface area contributed by atoms with Crippen LogP contribution < -0.4 is 4.90 Å². The van der Waals surface area contributed by atoms with Crippen molar-refractivity contribution in [1.29, 1.82) is 0 Å². The summed E-state index contributed by atoms with van der Waals surface area (Å²) < 4.78 is 22.1. The SMILES string of the molecule is CS(=O)(=O)CCCN(CC(=O)O)c1ccc(Cl)cc1. The van der Waals surface area contributed by atoms with Crippen molar-refractivity contribution in [2.45, 2.75) is 6.42 Å². The molecule has 0 atom stereocenters. The molecular weight excluding hydrogens is 290 g/mol. The molecule has 0 heterocycles. The van der Waals surface area contributed by atoms with Gasteiger partial charge in [-0.15, -0.1) is 0 Å². The van der Waals surface area contributed by atoms with Crippen LogP contribution in [0.1, 0.15) is 6.42 Å². The monoisotopic (exact) mass is 305 g/mol. The smallest absolute Gasteiger partial charge is 0.323 e. The molecule has 0 radical (unpaired) electrons. The number of rotatable bonds is 7. The van der Waals surface area contributed by atoms with E-state index in [4.69, 9.17) is 16.7 Å². The molecule has 106 valence electrons. The van der Waals surface area contributed by atoms with Gasteiger partial charge in [0.25, 0.3) is 0 Å². The summed E-state index contributed by atoms with van der Waals surface area (Å²) in [6, 6.07) is 6.77. The van der Waals surface area contributed by atoms with E-state index < -0.39 is 15.8 Å². The Kier molecular flexibility index (Phi) is 5.62. The summed E-state index contributed by atoms with van der Waals surface area (Å²) in [5.41, 5.74) is 0.709. The molecule has 0 unspecified atom stereocenters. The van der Waals surface area contributed by atoms with Crippen molar-refractivity contribution < 1.29 is 18.3 Å². The van der Waals surface area contributed by atoms with E-state index in [9.17, 15) is 13.2 Å². The molecule has 1 aromatic rings. The van der Waals surface area contributed by atoms with Gasteiger partial charge in [0, 0.05) is 23.5 Å². The van der Waals surface area contributed by atoms with Crippen molar-refractivity contribution in [3.05, 3.63) is 29.3 Å². The quantitative estimate of drug-likeness (QED) is 0.829. The van der Waals surface area contributed by atoms with Gasteiger partial charge in [0.15, 0.2) is 0 Å². The summed E-state index contributed by atoms with van der Waals surface area (Å²) in [5, 5.41) is 9.44. The first-order valence-corrected chi connectivity index (χ1v) is 8.12. The number of aliphatic carboxylic acids is 1. The molecule has 19 heavy (non-hydrogen) atoms. The van der Waals surface area contributed by atoms with Crippen LogP contribution in [0.2, 0.25) is 5.02 Å². The number of hydrogen-bond acceptors (Lipinski definition) is 4. The van der Waals surface area contributed by atoms with Crippen molar-refractivity contribution in [2.24, 2.45) is 0 Å². The fraction of sp³-hybridized carbons (Fsp3) is 0.417. The van der Waals surface area contributed by atoms with Gasteiger partial charge in [-0.3, -0.25) is 4.79 Å². The lowest BCUT2D eigenvalue weighted by molar-refractivity contribution is -0.135. The normalized spacial score (nSPS) is 11.3. The Morgan fingerprint density at radius 2 is 1.89 bits per heavy atom. The highest BCUT2D eigenvalue weighted by Crippen LogP contribution is 2.18. The summed E-state index contributed by atoms with van der Waals surface area (Å²) in [6.45, 7) is 0.187. The molecule has 7 heteroatoms. The fourth-order valence-electron chi connectivity index (χ4n) is 1.63. The second-order valence-corrected chi connectivity index (χ2v) is 6.97. The molecule has 0 aliphatic heterocycles. The van der Waals surface area contributed by atoms with Gasteiger partial charge >= 0.3 is 5.97 Å². The molecule has 0 aliphatic rings. The number of nitrogens with zero attached hydrogens (tertiary/aromatic N) is 1. The highest BCUT2D eigenvalue weighted by molar-refractivity contribution is 7.90. The maximum absolute atomic E-state index is 11.1. The van der Waals surface area contributed by atoms with Gasteiger partial charge in [-0.2, -0.15) is 0 Å². The summed E-state index contributed by atoms with van der Waals surface area (Å²) in [5.74, 6) is -0.925. The number of benzene rings is 1. The van der Waals surface area contributed by atoms with Crippen LogP contribution in [-0.4, -0.2) is 44.6 Å². The van der Waals surface area contributed by atoms with Gasteiger partial charge in [-0.05, 0) is 30.7 Å². The van der Waals surface area contributed by atoms with E-state index in [0.717, 1.165) is 6.26 Å². The molecule has 0 aromatic heterocycles. The van der Waals surface area contributed by atoms with Crippen LogP contribution in [0, 0.1) is 0 Å². The second-order valence-electron chi connectivity index (χ2n) is 4.28. The van der Waals surface area contributed by atoms with Gasteiger partial charge in [0.1, 0.15) is 16.4 Å². The molecule has 0 amide bonds. The summed E-state index contributed by atoms with van der Waals surface area (Å²) in [4.78, 5) is 12.4. The third-order valence-corrected chi connectivity index (χ3v) is 3.74. The number of halogens is 1. The molecule has 0 fully saturated rings. The van der Waals surface area contributed by atoms with E-state index in [1.54, 1.807) is 29.2 Å². The van der Waals surface area contributed by atoms with E-state index in [2.05, 4.69) is 0 Å². The molecule has 1 rings (SSSR count). The molecule has 0 saturated heterocycles. The van der Waals surface area contributed by atoms with Crippen LogP contribution in [0.25, 0.3) is 0 Å². The molecular formula is C12H16ClNO4S. The van der Waals surface area contributed by atoms with E-state index in [-0.39, 0.29) is 12.3 Å². The van der Waals surface area contributed by atoms with Crippen LogP contribution in [-0.2, 0) is 14.6 Å². The van der Waals surface area contributed by atoms with E-state index in [0.29, 0.717) is 23.7 Å². The van der Waals surface area contributed by atoms with Gasteiger partial charge in [0.2, 0.25) is 0 Å². The number of carboxylic acid groups (broad SMARTS) is 1. The van der Waals surface area contributed by atoms with Crippen LogP contribution >= 0.6 is 11.6 Å². The minimum Gasteiger partial charge on any atom is -0.480 e. The lowest BCUT2D eigenvalue weighted by Crippen LogP contribution is -2.31. The van der Waals surface area contributed by atoms with E-state index in [1.807, 2.05) is 0 Å². The lowest BCUT2D eigenvalue weighted by atomic mass is 10.2. The number of carboxylic acids is 1. The molecule has 0 saturated carbocycles. The first kappa shape index (κ1) is 15.8. The maximum atomic E-state index is 11.1. The summed E-state index contributed by atoms with van der Waals surface area (Å²) in [6.07, 6.45) is 1.55. The molecule has 0 aliphatic carbocycles. The highest BCUT2D eigenvalue weighted by Gasteiger charge is 2.12. The summed E-state index contributed by atoms with van der Waals surface area (Å²) in [7, 11) is -3.03. The van der Waals surface area contributed by atoms with Gasteiger partial charge < -0.3 is 10.0 Å². The average Bonchev–Trinajstić information content (AvgIpc) is 2.26. The topological polar surface area (TPSA) is 74.7 Å². The predicted molar refractivity (Wildman–Crippen MR) is 75.6 cm³/mol. The van der Waals surface area contributed by atoms with Crippen LogP contribution in [0.5, 0.6) is 0 Å². The van der Waals surface area contributed by atoms with Crippen molar-refractivity contribution in [3.8, 4) is 0 Å². The number of anilines is 1. The average molecular weight is 306 g/mol. The number of carbonyl (C=O) groups is 1. The largest absolute Gasteiger partial charge is 0.480 e. The molecule has 1 N–H and O–H groups in total. The number of sulfone groups is 1. The van der Waals surface area contributed by atoms with Crippen LogP contribution in [0.4, 0.5) is 5.69 Å². The van der Waals surface area contributed by atoms with Crippen molar-refractivity contribution >= 4 is 33.1 Å². The van der Waals surface area contributed by atoms with E-state index in [1.165, 1.54) is 0 Å². The maximum Gasteiger partial charge on any atom is 0.323 e. The summed E-state index contributed by atoms with van der Waals surface area (Å²) >= 11 is 5.77. The Bertz CT molecular complexity index is 527. The van der Waals surface area contributed by atoms with Crippen LogP contribution in [0.15, 0.2) is 24.3 Å². The van der Waals surface area contributed by atoms with E-state index >= 15 is 0 Å². The van der Waals surface area contributed by atoms with Crippen molar-refractivity contribution in [2.75, 3.05) is 30.0 Å². The highest BCUT2D eigenvalue weighted by atomic mass is 35.5. The molecule has 0 bridgehead atoms. The molecule has 0 spiro atoms. The first-order valence-electron chi connectivity index (χ1n) is 5.68. The fourth-order valence-corrected chi connectivity index (χ4v) is 2.41. The van der Waals surface area contributed by atoms with Gasteiger partial charge in [-0.1, -0.05) is 11.6 Å². The lowest BCUT2D eigenvalue weighted by Gasteiger charge is -2.22. The zero-order valence-electron chi connectivity index (χ0n) is 10.5. The third kappa shape index (κ3) is 6.45.